The first-order chi connectivity index (χ1) is 8.52. The van der Waals surface area contributed by atoms with Gasteiger partial charge >= 0.3 is 5.69 Å². The van der Waals surface area contributed by atoms with E-state index in [0.717, 1.165) is 0 Å². The molecule has 0 aliphatic rings. The lowest BCUT2D eigenvalue weighted by Gasteiger charge is -2.05. The SMILES string of the molecule is O=[N+]([O-])c1c(-c2ccccc2)cc(F)c(F)c1F. The fraction of sp³-hybridized carbons (Fsp3) is 0. The van der Waals surface area contributed by atoms with E-state index in [4.69, 9.17) is 0 Å². The van der Waals surface area contributed by atoms with Gasteiger partial charge in [-0.15, -0.1) is 0 Å². The number of halogens is 3. The number of hydrogen-bond donors (Lipinski definition) is 0. The van der Waals surface area contributed by atoms with Crippen molar-refractivity contribution in [1.82, 2.24) is 0 Å². The summed E-state index contributed by atoms with van der Waals surface area (Å²) in [5.41, 5.74) is -1.13. The lowest BCUT2D eigenvalue weighted by atomic mass is 10.0. The first-order valence-corrected chi connectivity index (χ1v) is 4.89. The normalized spacial score (nSPS) is 10.4. The number of rotatable bonds is 2. The number of nitrogens with zero attached hydrogens (tertiary/aromatic N) is 1. The van der Waals surface area contributed by atoms with E-state index in [1.54, 1.807) is 18.2 Å². The van der Waals surface area contributed by atoms with Crippen LogP contribution in [0, 0.1) is 27.6 Å². The van der Waals surface area contributed by atoms with Crippen LogP contribution >= 0.6 is 0 Å². The van der Waals surface area contributed by atoms with Crippen LogP contribution in [-0.4, -0.2) is 4.92 Å². The largest absolute Gasteiger partial charge is 0.315 e. The summed E-state index contributed by atoms with van der Waals surface area (Å²) >= 11 is 0. The minimum atomic E-state index is -1.85. The number of nitro groups is 1. The Morgan fingerprint density at radius 1 is 1.00 bits per heavy atom. The summed E-state index contributed by atoms with van der Waals surface area (Å²) in [4.78, 5) is 9.69. The van der Waals surface area contributed by atoms with Crippen molar-refractivity contribution in [2.75, 3.05) is 0 Å². The summed E-state index contributed by atoms with van der Waals surface area (Å²) in [6, 6.07) is 8.26. The Hall–Kier alpha value is -2.37. The van der Waals surface area contributed by atoms with Crippen LogP contribution in [0.5, 0.6) is 0 Å². The minimum Gasteiger partial charge on any atom is -0.258 e. The number of nitro benzene ring substituents is 1. The summed E-state index contributed by atoms with van der Waals surface area (Å²) in [6.07, 6.45) is 0. The lowest BCUT2D eigenvalue weighted by molar-refractivity contribution is -0.387. The van der Waals surface area contributed by atoms with Gasteiger partial charge in [0, 0.05) is 0 Å². The Bertz CT molecular complexity index is 614. The molecule has 0 aromatic heterocycles. The molecule has 0 unspecified atom stereocenters. The molecular formula is C12H6F3NO2. The number of hydrogen-bond acceptors (Lipinski definition) is 2. The van der Waals surface area contributed by atoms with Crippen molar-refractivity contribution >= 4 is 5.69 Å². The van der Waals surface area contributed by atoms with Crippen molar-refractivity contribution in [3.8, 4) is 11.1 Å². The van der Waals surface area contributed by atoms with Gasteiger partial charge < -0.3 is 0 Å². The van der Waals surface area contributed by atoms with Crippen LogP contribution in [0.4, 0.5) is 18.9 Å². The highest BCUT2D eigenvalue weighted by molar-refractivity contribution is 5.73. The van der Waals surface area contributed by atoms with E-state index < -0.39 is 28.1 Å². The monoisotopic (exact) mass is 253 g/mol. The highest BCUT2D eigenvalue weighted by Gasteiger charge is 2.28. The van der Waals surface area contributed by atoms with Gasteiger partial charge in [-0.1, -0.05) is 30.3 Å². The zero-order valence-corrected chi connectivity index (χ0v) is 8.86. The van der Waals surface area contributed by atoms with Crippen molar-refractivity contribution in [2.24, 2.45) is 0 Å². The molecule has 0 heterocycles. The maximum absolute atomic E-state index is 13.4. The maximum atomic E-state index is 13.4. The number of benzene rings is 2. The molecule has 0 radical (unpaired) electrons. The van der Waals surface area contributed by atoms with E-state index >= 15 is 0 Å². The van der Waals surface area contributed by atoms with Crippen LogP contribution < -0.4 is 0 Å². The van der Waals surface area contributed by atoms with Gasteiger partial charge in [0.15, 0.2) is 5.82 Å². The van der Waals surface area contributed by atoms with Gasteiger partial charge in [0.05, 0.1) is 10.5 Å². The molecule has 3 nitrogen and oxygen atoms in total. The summed E-state index contributed by atoms with van der Waals surface area (Å²) in [7, 11) is 0. The minimum absolute atomic E-state index is 0.238. The second-order valence-electron chi connectivity index (χ2n) is 3.51. The smallest absolute Gasteiger partial charge is 0.258 e. The van der Waals surface area contributed by atoms with Gasteiger partial charge in [-0.05, 0) is 11.6 Å². The van der Waals surface area contributed by atoms with Crippen LogP contribution in [0.2, 0.25) is 0 Å². The van der Waals surface area contributed by atoms with Crippen molar-refractivity contribution in [1.29, 1.82) is 0 Å². The molecule has 0 aliphatic carbocycles. The van der Waals surface area contributed by atoms with Gasteiger partial charge in [-0.3, -0.25) is 10.1 Å². The van der Waals surface area contributed by atoms with Crippen molar-refractivity contribution in [3.63, 3.8) is 0 Å². The molecule has 92 valence electrons. The molecule has 2 aromatic rings. The maximum Gasteiger partial charge on any atom is 0.315 e. The molecule has 0 atom stereocenters. The average Bonchev–Trinajstić information content (AvgIpc) is 2.36. The van der Waals surface area contributed by atoms with E-state index in [1.807, 2.05) is 0 Å². The second-order valence-corrected chi connectivity index (χ2v) is 3.51. The Labute approximate surface area is 99.6 Å². The van der Waals surface area contributed by atoms with E-state index in [-0.39, 0.29) is 11.1 Å². The molecule has 0 bridgehead atoms. The Balaban J connectivity index is 2.78. The third-order valence-electron chi connectivity index (χ3n) is 2.40. The van der Waals surface area contributed by atoms with E-state index in [9.17, 15) is 23.3 Å². The van der Waals surface area contributed by atoms with Gasteiger partial charge in [0.1, 0.15) is 0 Å². The van der Waals surface area contributed by atoms with E-state index in [0.29, 0.717) is 6.07 Å². The molecule has 18 heavy (non-hydrogen) atoms. The topological polar surface area (TPSA) is 43.1 Å². The van der Waals surface area contributed by atoms with Crippen LogP contribution in [0.3, 0.4) is 0 Å². The third kappa shape index (κ3) is 1.92. The molecule has 6 heteroatoms. The molecule has 0 spiro atoms. The molecule has 0 saturated carbocycles. The van der Waals surface area contributed by atoms with Gasteiger partial charge in [-0.2, -0.15) is 4.39 Å². The Morgan fingerprint density at radius 2 is 1.61 bits per heavy atom. The molecule has 0 saturated heterocycles. The fourth-order valence-corrected chi connectivity index (χ4v) is 1.60. The van der Waals surface area contributed by atoms with Gasteiger partial charge in [0.25, 0.3) is 0 Å². The van der Waals surface area contributed by atoms with Gasteiger partial charge in [0.2, 0.25) is 11.6 Å². The molecule has 2 rings (SSSR count). The molecule has 2 aromatic carbocycles. The quantitative estimate of drug-likeness (QED) is 0.465. The van der Waals surface area contributed by atoms with Crippen molar-refractivity contribution < 1.29 is 18.1 Å². The first-order valence-electron chi connectivity index (χ1n) is 4.89. The highest BCUT2D eigenvalue weighted by atomic mass is 19.2. The standard InChI is InChI=1S/C12H6F3NO2/c13-9-6-8(7-4-2-1-3-5-7)12(16(17)18)11(15)10(9)14/h1-6H. The zero-order chi connectivity index (χ0) is 13.3. The fourth-order valence-electron chi connectivity index (χ4n) is 1.60. The molecule has 0 N–H and O–H groups in total. The second kappa shape index (κ2) is 4.48. The summed E-state index contributed by atoms with van der Waals surface area (Å²) in [5, 5.41) is 10.8. The van der Waals surface area contributed by atoms with Gasteiger partial charge in [-0.25, -0.2) is 8.78 Å². The van der Waals surface area contributed by atoms with Crippen molar-refractivity contribution in [2.45, 2.75) is 0 Å². The van der Waals surface area contributed by atoms with E-state index in [1.165, 1.54) is 12.1 Å². The molecule has 0 aliphatic heterocycles. The summed E-state index contributed by atoms with van der Waals surface area (Å²) < 4.78 is 39.5. The first kappa shape index (κ1) is 12.1. The zero-order valence-electron chi connectivity index (χ0n) is 8.86. The Morgan fingerprint density at radius 3 is 2.17 bits per heavy atom. The van der Waals surface area contributed by atoms with Crippen LogP contribution in [0.25, 0.3) is 11.1 Å². The lowest BCUT2D eigenvalue weighted by Crippen LogP contribution is -2.01. The van der Waals surface area contributed by atoms with Crippen LogP contribution in [0.15, 0.2) is 36.4 Å². The van der Waals surface area contributed by atoms with Crippen molar-refractivity contribution in [3.05, 3.63) is 64.0 Å². The Kier molecular flexibility index (Phi) is 3.01. The third-order valence-corrected chi connectivity index (χ3v) is 2.40. The summed E-state index contributed by atoms with van der Waals surface area (Å²) in [6.45, 7) is 0. The predicted molar refractivity (Wildman–Crippen MR) is 58.4 cm³/mol. The predicted octanol–water partition coefficient (Wildman–Crippen LogP) is 3.68. The molecule has 0 fully saturated rings. The highest BCUT2D eigenvalue weighted by Crippen LogP contribution is 2.34. The van der Waals surface area contributed by atoms with E-state index in [2.05, 4.69) is 0 Å². The van der Waals surface area contributed by atoms with Crippen LogP contribution in [0.1, 0.15) is 0 Å². The summed E-state index contributed by atoms with van der Waals surface area (Å²) in [5.74, 6) is -5.10. The van der Waals surface area contributed by atoms with Crippen LogP contribution in [-0.2, 0) is 0 Å². The average molecular weight is 253 g/mol. The molecule has 0 amide bonds. The molecular weight excluding hydrogens is 247 g/mol.